The second-order valence-corrected chi connectivity index (χ2v) is 5.71. The van der Waals surface area contributed by atoms with Crippen LogP contribution in [0.15, 0.2) is 54.6 Å². The van der Waals surface area contributed by atoms with Crippen molar-refractivity contribution >= 4 is 35.6 Å². The first-order valence-corrected chi connectivity index (χ1v) is 7.97. The molecule has 140 valence electrons. The molecule has 3 N–H and O–H groups in total. The first kappa shape index (κ1) is 21.6. The van der Waals surface area contributed by atoms with E-state index in [1.165, 1.54) is 7.11 Å². The van der Waals surface area contributed by atoms with E-state index >= 15 is 0 Å². The zero-order valence-corrected chi connectivity index (χ0v) is 15.7. The lowest BCUT2D eigenvalue weighted by atomic mass is 10.1. The average molecular weight is 378 g/mol. The van der Waals surface area contributed by atoms with Crippen molar-refractivity contribution in [3.05, 3.63) is 60.2 Å². The van der Waals surface area contributed by atoms with E-state index in [2.05, 4.69) is 5.32 Å². The van der Waals surface area contributed by atoms with Crippen LogP contribution in [0.4, 0.5) is 11.4 Å². The minimum atomic E-state index is -0.717. The number of para-hydroxylation sites is 1. The molecule has 1 atom stereocenters. The van der Waals surface area contributed by atoms with Gasteiger partial charge in [-0.25, -0.2) is 0 Å². The number of methoxy groups -OCH3 is 1. The summed E-state index contributed by atoms with van der Waals surface area (Å²) in [6.45, 7) is 0.157. The molecule has 0 fully saturated rings. The summed E-state index contributed by atoms with van der Waals surface area (Å²) >= 11 is 0. The van der Waals surface area contributed by atoms with E-state index in [0.29, 0.717) is 5.69 Å². The third-order valence-corrected chi connectivity index (χ3v) is 3.78. The minimum Gasteiger partial charge on any atom is -0.383 e. The molecule has 0 bridgehead atoms. The number of hydrogen-bond acceptors (Lipinski definition) is 4. The summed E-state index contributed by atoms with van der Waals surface area (Å²) in [5, 5.41) is 2.72. The summed E-state index contributed by atoms with van der Waals surface area (Å²) in [5.74, 6) is -0.320. The van der Waals surface area contributed by atoms with Gasteiger partial charge in [0.15, 0.2) is 0 Å². The van der Waals surface area contributed by atoms with E-state index in [4.69, 9.17) is 10.5 Å². The van der Waals surface area contributed by atoms with Gasteiger partial charge in [0, 0.05) is 25.5 Å². The summed E-state index contributed by atoms with van der Waals surface area (Å²) in [5.41, 5.74) is 8.02. The minimum absolute atomic E-state index is 0. The number of nitrogens with one attached hydrogen (secondary N) is 1. The highest BCUT2D eigenvalue weighted by Crippen LogP contribution is 2.15. The van der Waals surface area contributed by atoms with Gasteiger partial charge in [0.2, 0.25) is 11.8 Å². The Kier molecular flexibility index (Phi) is 8.78. The van der Waals surface area contributed by atoms with Crippen LogP contribution in [0.1, 0.15) is 5.56 Å². The number of anilines is 2. The van der Waals surface area contributed by atoms with E-state index in [9.17, 15) is 9.59 Å². The lowest BCUT2D eigenvalue weighted by Gasteiger charge is -2.17. The highest BCUT2D eigenvalue weighted by Gasteiger charge is 2.14. The Morgan fingerprint density at radius 2 is 1.73 bits per heavy atom. The van der Waals surface area contributed by atoms with Crippen molar-refractivity contribution in [1.29, 1.82) is 0 Å². The fourth-order valence-corrected chi connectivity index (χ4v) is 2.28. The maximum atomic E-state index is 12.4. The molecule has 0 spiro atoms. The first-order chi connectivity index (χ1) is 12.0. The molecule has 0 aromatic heterocycles. The Hall–Kier alpha value is -2.41. The fraction of sp³-hybridized carbons (Fsp3) is 0.263. The van der Waals surface area contributed by atoms with Crippen molar-refractivity contribution in [2.75, 3.05) is 31.0 Å². The van der Waals surface area contributed by atoms with Crippen LogP contribution in [0.25, 0.3) is 0 Å². The van der Waals surface area contributed by atoms with E-state index in [1.54, 1.807) is 24.1 Å². The molecule has 2 aromatic carbocycles. The molecule has 26 heavy (non-hydrogen) atoms. The maximum Gasteiger partial charge on any atom is 0.243 e. The lowest BCUT2D eigenvalue weighted by Crippen LogP contribution is -2.39. The number of nitrogens with two attached hydrogens (primary N) is 1. The zero-order chi connectivity index (χ0) is 18.2. The Morgan fingerprint density at radius 1 is 1.12 bits per heavy atom. The molecule has 0 heterocycles. The Morgan fingerprint density at radius 3 is 2.31 bits per heavy atom. The zero-order valence-electron chi connectivity index (χ0n) is 14.8. The molecule has 0 radical (unpaired) electrons. The maximum absolute atomic E-state index is 12.4. The molecular formula is C19H24ClN3O3. The highest BCUT2D eigenvalue weighted by atomic mass is 35.5. The first-order valence-electron chi connectivity index (χ1n) is 7.97. The van der Waals surface area contributed by atoms with Gasteiger partial charge in [-0.15, -0.1) is 12.4 Å². The predicted octanol–water partition coefficient (Wildman–Crippen LogP) is 2.23. The normalized spacial score (nSPS) is 11.2. The van der Waals surface area contributed by atoms with Crippen molar-refractivity contribution in [3.63, 3.8) is 0 Å². The number of nitrogens with zero attached hydrogens (tertiary/aromatic N) is 1. The predicted molar refractivity (Wildman–Crippen MR) is 106 cm³/mol. The van der Waals surface area contributed by atoms with Gasteiger partial charge < -0.3 is 20.7 Å². The number of halogens is 1. The van der Waals surface area contributed by atoms with Gasteiger partial charge in [-0.05, 0) is 29.8 Å². The van der Waals surface area contributed by atoms with E-state index in [-0.39, 0.29) is 37.2 Å². The van der Waals surface area contributed by atoms with Crippen LogP contribution in [0.3, 0.4) is 0 Å². The van der Waals surface area contributed by atoms with Crippen molar-refractivity contribution < 1.29 is 14.3 Å². The molecule has 2 aromatic rings. The van der Waals surface area contributed by atoms with Crippen LogP contribution in [-0.2, 0) is 20.7 Å². The molecule has 2 amide bonds. The third kappa shape index (κ3) is 6.15. The monoisotopic (exact) mass is 377 g/mol. The average Bonchev–Trinajstić information content (AvgIpc) is 2.63. The molecule has 0 saturated carbocycles. The van der Waals surface area contributed by atoms with Crippen LogP contribution in [-0.4, -0.2) is 38.6 Å². The topological polar surface area (TPSA) is 84.7 Å². The molecule has 0 saturated heterocycles. The van der Waals surface area contributed by atoms with Crippen molar-refractivity contribution in [3.8, 4) is 0 Å². The Balaban J connectivity index is 0.00000338. The molecule has 6 nitrogen and oxygen atoms in total. The number of carbonyl (C=O) groups excluding carboxylic acids is 2. The van der Waals surface area contributed by atoms with Crippen LogP contribution >= 0.6 is 12.4 Å². The summed E-state index contributed by atoms with van der Waals surface area (Å²) in [6.07, 6.45) is 0.281. The second-order valence-electron chi connectivity index (χ2n) is 5.71. The van der Waals surface area contributed by atoms with Crippen LogP contribution in [0.5, 0.6) is 0 Å². The molecule has 0 aliphatic carbocycles. The van der Waals surface area contributed by atoms with Gasteiger partial charge in [-0.1, -0.05) is 30.3 Å². The second kappa shape index (κ2) is 10.6. The number of carbonyl (C=O) groups is 2. The van der Waals surface area contributed by atoms with Crippen molar-refractivity contribution in [2.45, 2.75) is 12.5 Å². The molecule has 1 unspecified atom stereocenters. The van der Waals surface area contributed by atoms with Crippen LogP contribution < -0.4 is 16.0 Å². The van der Waals surface area contributed by atoms with E-state index in [0.717, 1.165) is 11.3 Å². The number of benzene rings is 2. The quantitative estimate of drug-likeness (QED) is 0.774. The largest absolute Gasteiger partial charge is 0.383 e. The summed E-state index contributed by atoms with van der Waals surface area (Å²) in [4.78, 5) is 25.8. The fourth-order valence-electron chi connectivity index (χ4n) is 2.28. The lowest BCUT2D eigenvalue weighted by molar-refractivity contribution is -0.119. The van der Waals surface area contributed by atoms with Gasteiger partial charge >= 0.3 is 0 Å². The van der Waals surface area contributed by atoms with E-state index in [1.807, 2.05) is 42.5 Å². The van der Waals surface area contributed by atoms with Gasteiger partial charge in [0.1, 0.15) is 6.04 Å². The molecule has 0 aliphatic rings. The van der Waals surface area contributed by atoms with E-state index < -0.39 is 6.04 Å². The molecular weight excluding hydrogens is 354 g/mol. The third-order valence-electron chi connectivity index (χ3n) is 3.78. The van der Waals surface area contributed by atoms with Gasteiger partial charge in [-0.3, -0.25) is 9.59 Å². The highest BCUT2D eigenvalue weighted by molar-refractivity contribution is 5.95. The number of rotatable bonds is 7. The molecule has 2 rings (SSSR count). The number of hydrogen-bond donors (Lipinski definition) is 2. The number of likely N-dealkylation sites (N-methyl/N-ethyl adjacent to an activating group) is 1. The SMILES string of the molecule is COCC(N)C(=O)Nc1ccc(CC(=O)N(C)c2ccccc2)cc1.Cl. The smallest absolute Gasteiger partial charge is 0.243 e. The Labute approximate surface area is 159 Å². The van der Waals surface area contributed by atoms with Gasteiger partial charge in [-0.2, -0.15) is 0 Å². The van der Waals surface area contributed by atoms with Gasteiger partial charge in [0.05, 0.1) is 13.0 Å². The standard InChI is InChI=1S/C19H23N3O3.ClH/c1-22(16-6-4-3-5-7-16)18(23)12-14-8-10-15(11-9-14)21-19(24)17(20)13-25-2;/h3-11,17H,12-13,20H2,1-2H3,(H,21,24);1H. The van der Waals surface area contributed by atoms with Crippen molar-refractivity contribution in [2.24, 2.45) is 5.73 Å². The summed E-state index contributed by atoms with van der Waals surface area (Å²) in [6, 6.07) is 15.9. The summed E-state index contributed by atoms with van der Waals surface area (Å²) < 4.78 is 4.86. The van der Waals surface area contributed by atoms with Crippen LogP contribution in [0.2, 0.25) is 0 Å². The molecule has 0 aliphatic heterocycles. The van der Waals surface area contributed by atoms with Crippen molar-refractivity contribution in [1.82, 2.24) is 0 Å². The Bertz CT molecular complexity index is 708. The number of ether oxygens (including phenoxy) is 1. The summed E-state index contributed by atoms with van der Waals surface area (Å²) in [7, 11) is 3.24. The van der Waals surface area contributed by atoms with Gasteiger partial charge in [0.25, 0.3) is 0 Å². The molecule has 7 heteroatoms. The van der Waals surface area contributed by atoms with Crippen LogP contribution in [0, 0.1) is 0 Å². The number of amides is 2.